The van der Waals surface area contributed by atoms with Gasteiger partial charge in [-0.3, -0.25) is 9.10 Å². The molecule has 0 aromatic heterocycles. The lowest BCUT2D eigenvalue weighted by molar-refractivity contribution is -0.119. The van der Waals surface area contributed by atoms with Crippen molar-refractivity contribution >= 4 is 33.4 Å². The topological polar surface area (TPSA) is 66.5 Å². The largest absolute Gasteiger partial charge is 0.354 e. The molecular weight excluding hydrogens is 399 g/mol. The van der Waals surface area contributed by atoms with E-state index in [1.54, 1.807) is 11.8 Å². The highest BCUT2D eigenvalue weighted by atomic mass is 32.2. The number of benzene rings is 2. The number of hydrogen-bond donors (Lipinski definition) is 1. The van der Waals surface area contributed by atoms with Gasteiger partial charge in [0.1, 0.15) is 12.4 Å². The number of hydrogen-bond acceptors (Lipinski definition) is 4. The van der Waals surface area contributed by atoms with Crippen LogP contribution in [0.25, 0.3) is 0 Å². The molecule has 152 valence electrons. The first kappa shape index (κ1) is 22.2. The Kier molecular flexibility index (Phi) is 8.32. The van der Waals surface area contributed by atoms with Gasteiger partial charge in [0.15, 0.2) is 0 Å². The summed E-state index contributed by atoms with van der Waals surface area (Å²) in [6, 6.07) is 13.8. The van der Waals surface area contributed by atoms with E-state index in [1.807, 2.05) is 6.07 Å². The van der Waals surface area contributed by atoms with Crippen LogP contribution in [0.15, 0.2) is 48.5 Å². The summed E-state index contributed by atoms with van der Waals surface area (Å²) in [6.45, 7) is 2.05. The molecule has 2 aromatic rings. The van der Waals surface area contributed by atoms with Gasteiger partial charge in [0.25, 0.3) is 0 Å². The number of halogens is 1. The maximum Gasteiger partial charge on any atom is 0.240 e. The number of nitrogens with one attached hydrogen (secondary N) is 1. The molecule has 1 N–H and O–H groups in total. The Morgan fingerprint density at radius 3 is 2.61 bits per heavy atom. The van der Waals surface area contributed by atoms with Crippen molar-refractivity contribution < 1.29 is 17.6 Å². The van der Waals surface area contributed by atoms with Gasteiger partial charge in [0.2, 0.25) is 15.9 Å². The molecule has 0 bridgehead atoms. The fourth-order valence-corrected chi connectivity index (χ4v) is 4.38. The number of aryl methyl sites for hydroxylation is 1. The fourth-order valence-electron chi connectivity index (χ4n) is 2.62. The highest BCUT2D eigenvalue weighted by molar-refractivity contribution is 7.98. The molecule has 0 spiro atoms. The molecule has 8 heteroatoms. The Bertz CT molecular complexity index is 904. The predicted octanol–water partition coefficient (Wildman–Crippen LogP) is 3.34. The lowest BCUT2D eigenvalue weighted by atomic mass is 10.2. The molecule has 0 unspecified atom stereocenters. The molecule has 5 nitrogen and oxygen atoms in total. The van der Waals surface area contributed by atoms with Crippen molar-refractivity contribution in [2.75, 3.05) is 29.4 Å². The van der Waals surface area contributed by atoms with Crippen molar-refractivity contribution in [1.82, 2.24) is 5.32 Å². The summed E-state index contributed by atoms with van der Waals surface area (Å²) in [5.74, 6) is 0.632. The van der Waals surface area contributed by atoms with Crippen LogP contribution in [0.2, 0.25) is 0 Å². The van der Waals surface area contributed by atoms with Gasteiger partial charge in [-0.15, -0.1) is 0 Å². The van der Waals surface area contributed by atoms with E-state index in [-0.39, 0.29) is 5.69 Å². The molecule has 0 fully saturated rings. The molecule has 0 atom stereocenters. The molecule has 0 saturated heterocycles. The normalized spacial score (nSPS) is 11.2. The van der Waals surface area contributed by atoms with E-state index < -0.39 is 28.3 Å². The second-order valence-electron chi connectivity index (χ2n) is 6.47. The molecular formula is C20H25FN2O3S2. The van der Waals surface area contributed by atoms with E-state index in [0.29, 0.717) is 6.54 Å². The van der Waals surface area contributed by atoms with E-state index in [0.717, 1.165) is 34.6 Å². The monoisotopic (exact) mass is 424 g/mol. The third kappa shape index (κ3) is 7.16. The molecule has 0 radical (unpaired) electrons. The molecule has 0 aliphatic rings. The van der Waals surface area contributed by atoms with Gasteiger partial charge < -0.3 is 5.32 Å². The Balaban J connectivity index is 1.76. The van der Waals surface area contributed by atoms with E-state index in [2.05, 4.69) is 30.4 Å². The second kappa shape index (κ2) is 10.5. The highest BCUT2D eigenvalue weighted by Crippen LogP contribution is 2.21. The van der Waals surface area contributed by atoms with Crippen LogP contribution in [0.1, 0.15) is 17.5 Å². The van der Waals surface area contributed by atoms with Crippen molar-refractivity contribution in [3.63, 3.8) is 0 Å². The van der Waals surface area contributed by atoms with E-state index >= 15 is 0 Å². The zero-order valence-electron chi connectivity index (χ0n) is 16.0. The minimum atomic E-state index is -3.78. The average molecular weight is 425 g/mol. The van der Waals surface area contributed by atoms with Crippen LogP contribution >= 0.6 is 11.8 Å². The van der Waals surface area contributed by atoms with E-state index in [9.17, 15) is 17.6 Å². The maximum absolute atomic E-state index is 13.9. The Morgan fingerprint density at radius 1 is 1.18 bits per heavy atom. The van der Waals surface area contributed by atoms with Gasteiger partial charge in [-0.1, -0.05) is 42.0 Å². The average Bonchev–Trinajstić information content (AvgIpc) is 2.62. The minimum absolute atomic E-state index is 0.131. The van der Waals surface area contributed by atoms with Crippen molar-refractivity contribution in [3.05, 3.63) is 65.5 Å². The van der Waals surface area contributed by atoms with Crippen LogP contribution in [-0.4, -0.2) is 39.4 Å². The van der Waals surface area contributed by atoms with E-state index in [4.69, 9.17) is 0 Å². The maximum atomic E-state index is 13.9. The first-order chi connectivity index (χ1) is 13.3. The van der Waals surface area contributed by atoms with Crippen LogP contribution in [-0.2, 0) is 20.6 Å². The van der Waals surface area contributed by atoms with E-state index in [1.165, 1.54) is 29.3 Å². The van der Waals surface area contributed by atoms with Crippen molar-refractivity contribution in [1.29, 1.82) is 0 Å². The van der Waals surface area contributed by atoms with Crippen LogP contribution in [0, 0.1) is 12.7 Å². The molecule has 0 aliphatic carbocycles. The van der Waals surface area contributed by atoms with Gasteiger partial charge >= 0.3 is 0 Å². The van der Waals surface area contributed by atoms with Gasteiger partial charge in [-0.25, -0.2) is 12.8 Å². The third-order valence-corrected chi connectivity index (χ3v) is 6.19. The third-order valence-electron chi connectivity index (χ3n) is 3.95. The van der Waals surface area contributed by atoms with Crippen molar-refractivity contribution in [2.45, 2.75) is 19.1 Å². The second-order valence-corrected chi connectivity index (χ2v) is 9.48. The van der Waals surface area contributed by atoms with Gasteiger partial charge in [0.05, 0.1) is 11.9 Å². The Hall–Kier alpha value is -2.06. The van der Waals surface area contributed by atoms with Crippen LogP contribution in [0.5, 0.6) is 0 Å². The molecule has 28 heavy (non-hydrogen) atoms. The molecule has 2 rings (SSSR count). The Labute approximate surface area is 170 Å². The summed E-state index contributed by atoms with van der Waals surface area (Å²) < 4.78 is 38.7. The zero-order chi connectivity index (χ0) is 20.6. The van der Waals surface area contributed by atoms with Crippen molar-refractivity contribution in [2.24, 2.45) is 0 Å². The molecule has 0 saturated carbocycles. The number of nitrogens with zero attached hydrogens (tertiary/aromatic N) is 1. The quantitative estimate of drug-likeness (QED) is 0.594. The standard InChI is InChI=1S/C20H25FN2O3S2/c1-16-7-5-8-17(13-16)15-27-12-6-11-22-20(24)14-23(28(2,25)26)19-10-4-3-9-18(19)21/h3-5,7-10,13H,6,11-12,14-15H2,1-2H3,(H,22,24). The smallest absolute Gasteiger partial charge is 0.240 e. The SMILES string of the molecule is Cc1cccc(CSCCCNC(=O)CN(c2ccccc2F)S(C)(=O)=O)c1. The summed E-state index contributed by atoms with van der Waals surface area (Å²) >= 11 is 1.78. The highest BCUT2D eigenvalue weighted by Gasteiger charge is 2.23. The number of thioether (sulfide) groups is 1. The van der Waals surface area contributed by atoms with Crippen LogP contribution in [0.3, 0.4) is 0 Å². The number of carbonyl (C=O) groups is 1. The summed E-state index contributed by atoms with van der Waals surface area (Å²) in [6.07, 6.45) is 1.72. The minimum Gasteiger partial charge on any atom is -0.354 e. The summed E-state index contributed by atoms with van der Waals surface area (Å²) in [5.41, 5.74) is 2.37. The lowest BCUT2D eigenvalue weighted by Crippen LogP contribution is -2.41. The van der Waals surface area contributed by atoms with Gasteiger partial charge in [0, 0.05) is 12.3 Å². The summed E-state index contributed by atoms with van der Waals surface area (Å²) in [4.78, 5) is 12.1. The number of amides is 1. The lowest BCUT2D eigenvalue weighted by Gasteiger charge is -2.22. The van der Waals surface area contributed by atoms with Gasteiger partial charge in [-0.05, 0) is 36.8 Å². The number of rotatable bonds is 10. The number of sulfonamides is 1. The molecule has 1 amide bonds. The Morgan fingerprint density at radius 2 is 1.93 bits per heavy atom. The first-order valence-electron chi connectivity index (χ1n) is 8.89. The molecule has 2 aromatic carbocycles. The van der Waals surface area contributed by atoms with Crippen LogP contribution < -0.4 is 9.62 Å². The number of para-hydroxylation sites is 1. The van der Waals surface area contributed by atoms with Crippen LogP contribution in [0.4, 0.5) is 10.1 Å². The zero-order valence-corrected chi connectivity index (χ0v) is 17.7. The predicted molar refractivity (Wildman–Crippen MR) is 114 cm³/mol. The number of carbonyl (C=O) groups excluding carboxylic acids is 1. The fraction of sp³-hybridized carbons (Fsp3) is 0.350. The summed E-state index contributed by atoms with van der Waals surface area (Å²) in [7, 11) is -3.78. The summed E-state index contributed by atoms with van der Waals surface area (Å²) in [5, 5.41) is 2.70. The number of anilines is 1. The molecule has 0 heterocycles. The molecule has 0 aliphatic heterocycles. The van der Waals surface area contributed by atoms with Gasteiger partial charge in [-0.2, -0.15) is 11.8 Å². The first-order valence-corrected chi connectivity index (χ1v) is 11.9. The van der Waals surface area contributed by atoms with Crippen molar-refractivity contribution in [3.8, 4) is 0 Å².